The van der Waals surface area contributed by atoms with Crippen LogP contribution in [0.3, 0.4) is 0 Å². The smallest absolute Gasteiger partial charge is 0.234 e. The monoisotopic (exact) mass is 223 g/mol. The largest absolute Gasteiger partial charge is 0.284 e. The average Bonchev–Trinajstić information content (AvgIpc) is 2.39. The van der Waals surface area contributed by atoms with E-state index in [1.807, 2.05) is 0 Å². The van der Waals surface area contributed by atoms with Gasteiger partial charge in [-0.1, -0.05) is 0 Å². The highest BCUT2D eigenvalue weighted by molar-refractivity contribution is 14.1. The summed E-state index contributed by atoms with van der Waals surface area (Å²) in [6.45, 7) is 1.00. The van der Waals surface area contributed by atoms with Gasteiger partial charge in [0, 0.05) is 12.5 Å². The van der Waals surface area contributed by atoms with Crippen LogP contribution in [0.25, 0.3) is 0 Å². The first-order valence-corrected chi connectivity index (χ1v) is 3.72. The van der Waals surface area contributed by atoms with Crippen molar-refractivity contribution in [2.75, 3.05) is 6.54 Å². The molecule has 2 atom stereocenters. The first kappa shape index (κ1) is 5.02. The summed E-state index contributed by atoms with van der Waals surface area (Å²) in [6.07, 6.45) is 1.17. The first-order valence-electron chi connectivity index (χ1n) is 2.76. The molecule has 1 saturated heterocycles. The fourth-order valence-corrected chi connectivity index (χ4v) is 2.09. The number of carbonyl (C=O) groups is 1. The molecule has 2 rings (SSSR count). The SMILES string of the molecule is O=C1C2CC2CN1I. The molecule has 0 aromatic heterocycles. The van der Waals surface area contributed by atoms with Crippen LogP contribution in [-0.2, 0) is 4.79 Å². The van der Waals surface area contributed by atoms with Crippen molar-refractivity contribution in [3.8, 4) is 0 Å². The number of nitrogens with zero attached hydrogens (tertiary/aromatic N) is 1. The van der Waals surface area contributed by atoms with E-state index >= 15 is 0 Å². The van der Waals surface area contributed by atoms with Gasteiger partial charge in [-0.3, -0.25) is 7.91 Å². The lowest BCUT2D eigenvalue weighted by molar-refractivity contribution is -0.124. The summed E-state index contributed by atoms with van der Waals surface area (Å²) in [5.41, 5.74) is 0. The van der Waals surface area contributed by atoms with E-state index in [0.717, 1.165) is 12.5 Å². The summed E-state index contributed by atoms with van der Waals surface area (Å²) >= 11 is 2.09. The van der Waals surface area contributed by atoms with E-state index in [0.29, 0.717) is 11.8 Å². The van der Waals surface area contributed by atoms with Gasteiger partial charge < -0.3 is 0 Å². The number of fused-ring (bicyclic) bond motifs is 1. The Bertz CT molecular complexity index is 143. The van der Waals surface area contributed by atoms with Gasteiger partial charge in [0.1, 0.15) is 0 Å². The van der Waals surface area contributed by atoms with E-state index in [4.69, 9.17) is 0 Å². The maximum absolute atomic E-state index is 10.9. The molecule has 2 nitrogen and oxygen atoms in total. The number of piperidine rings is 1. The van der Waals surface area contributed by atoms with Gasteiger partial charge in [-0.15, -0.1) is 0 Å². The molecule has 1 saturated carbocycles. The summed E-state index contributed by atoms with van der Waals surface area (Å²) < 4.78 is 1.80. The summed E-state index contributed by atoms with van der Waals surface area (Å²) in [4.78, 5) is 10.9. The van der Waals surface area contributed by atoms with Crippen LogP contribution in [0, 0.1) is 11.8 Å². The van der Waals surface area contributed by atoms with Crippen molar-refractivity contribution < 1.29 is 4.79 Å². The average molecular weight is 223 g/mol. The predicted octanol–water partition coefficient (Wildman–Crippen LogP) is 0.815. The quantitative estimate of drug-likeness (QED) is 0.439. The van der Waals surface area contributed by atoms with Crippen molar-refractivity contribution >= 4 is 28.8 Å². The highest BCUT2D eigenvalue weighted by Crippen LogP contribution is 2.46. The predicted molar refractivity (Wildman–Crippen MR) is 37.3 cm³/mol. The molecule has 3 heteroatoms. The van der Waals surface area contributed by atoms with E-state index in [1.54, 1.807) is 3.11 Å². The highest BCUT2D eigenvalue weighted by atomic mass is 127. The first-order chi connectivity index (χ1) is 3.79. The molecule has 1 heterocycles. The van der Waals surface area contributed by atoms with Crippen molar-refractivity contribution in [3.05, 3.63) is 0 Å². The van der Waals surface area contributed by atoms with E-state index < -0.39 is 0 Å². The van der Waals surface area contributed by atoms with E-state index in [-0.39, 0.29) is 0 Å². The summed E-state index contributed by atoms with van der Waals surface area (Å²) in [5, 5.41) is 0. The molecule has 0 radical (unpaired) electrons. The van der Waals surface area contributed by atoms with Crippen LogP contribution >= 0.6 is 22.9 Å². The molecule has 1 aliphatic carbocycles. The van der Waals surface area contributed by atoms with Gasteiger partial charge in [-0.25, -0.2) is 0 Å². The number of carbonyl (C=O) groups excluding carboxylic acids is 1. The van der Waals surface area contributed by atoms with Gasteiger partial charge in [0.15, 0.2) is 0 Å². The fraction of sp³-hybridized carbons (Fsp3) is 0.800. The molecule has 0 bridgehead atoms. The molecule has 0 aromatic rings. The number of halogens is 1. The van der Waals surface area contributed by atoms with E-state index in [2.05, 4.69) is 22.9 Å². The Kier molecular flexibility index (Phi) is 0.862. The van der Waals surface area contributed by atoms with Gasteiger partial charge in [0.2, 0.25) is 5.91 Å². The van der Waals surface area contributed by atoms with Crippen molar-refractivity contribution in [2.24, 2.45) is 11.8 Å². The van der Waals surface area contributed by atoms with Gasteiger partial charge >= 0.3 is 0 Å². The van der Waals surface area contributed by atoms with Crippen LogP contribution in [0.4, 0.5) is 0 Å². The molecule has 1 amide bonds. The lowest BCUT2D eigenvalue weighted by atomic mass is 10.4. The van der Waals surface area contributed by atoms with E-state index in [9.17, 15) is 4.79 Å². The minimum atomic E-state index is 0.357. The van der Waals surface area contributed by atoms with Gasteiger partial charge in [0.05, 0.1) is 22.9 Å². The molecular weight excluding hydrogens is 217 g/mol. The molecule has 44 valence electrons. The Morgan fingerprint density at radius 1 is 1.75 bits per heavy atom. The molecule has 1 aliphatic heterocycles. The normalized spacial score (nSPS) is 42.6. The third-order valence-electron chi connectivity index (χ3n) is 1.87. The number of rotatable bonds is 0. The second kappa shape index (κ2) is 1.37. The molecule has 0 aromatic carbocycles. The van der Waals surface area contributed by atoms with Crippen molar-refractivity contribution in [3.63, 3.8) is 0 Å². The standard InChI is InChI=1S/C5H6INO/c6-7-2-3-1-4(3)5(7)8/h3-4H,1-2H2. The Morgan fingerprint density at radius 2 is 2.50 bits per heavy atom. The second-order valence-corrected chi connectivity index (χ2v) is 3.65. The molecule has 2 unspecified atom stereocenters. The Labute approximate surface area is 61.7 Å². The van der Waals surface area contributed by atoms with Crippen LogP contribution in [-0.4, -0.2) is 15.6 Å². The topological polar surface area (TPSA) is 20.3 Å². The summed E-state index contributed by atoms with van der Waals surface area (Å²) in [5.74, 6) is 1.53. The van der Waals surface area contributed by atoms with Crippen molar-refractivity contribution in [2.45, 2.75) is 6.42 Å². The Hall–Kier alpha value is 0.200. The zero-order valence-electron chi connectivity index (χ0n) is 4.30. The van der Waals surface area contributed by atoms with Crippen molar-refractivity contribution in [1.29, 1.82) is 0 Å². The minimum absolute atomic E-state index is 0.357. The van der Waals surface area contributed by atoms with E-state index in [1.165, 1.54) is 6.42 Å². The highest BCUT2D eigenvalue weighted by Gasteiger charge is 2.51. The lowest BCUT2D eigenvalue weighted by Crippen LogP contribution is -2.16. The Balaban J connectivity index is 2.19. The number of hydrogen-bond acceptors (Lipinski definition) is 1. The zero-order chi connectivity index (χ0) is 5.72. The Morgan fingerprint density at radius 3 is 2.75 bits per heavy atom. The zero-order valence-corrected chi connectivity index (χ0v) is 6.46. The summed E-state index contributed by atoms with van der Waals surface area (Å²) in [7, 11) is 0. The third-order valence-corrected chi connectivity index (χ3v) is 2.74. The van der Waals surface area contributed by atoms with Crippen molar-refractivity contribution in [1.82, 2.24) is 3.11 Å². The number of amides is 1. The molecule has 0 spiro atoms. The fourth-order valence-electron chi connectivity index (χ4n) is 1.23. The summed E-state index contributed by atoms with van der Waals surface area (Å²) in [6, 6.07) is 0. The molecule has 2 aliphatic rings. The van der Waals surface area contributed by atoms with Crippen LogP contribution in [0.2, 0.25) is 0 Å². The maximum atomic E-state index is 10.9. The van der Waals surface area contributed by atoms with Crippen LogP contribution in [0.5, 0.6) is 0 Å². The molecule has 8 heavy (non-hydrogen) atoms. The lowest BCUT2D eigenvalue weighted by Gasteiger charge is -2.04. The van der Waals surface area contributed by atoms with Crippen LogP contribution in [0.15, 0.2) is 0 Å². The van der Waals surface area contributed by atoms with Crippen LogP contribution < -0.4 is 0 Å². The third kappa shape index (κ3) is 0.506. The molecule has 0 N–H and O–H groups in total. The van der Waals surface area contributed by atoms with Crippen LogP contribution in [0.1, 0.15) is 6.42 Å². The van der Waals surface area contributed by atoms with Gasteiger partial charge in [-0.2, -0.15) is 0 Å². The minimum Gasteiger partial charge on any atom is -0.284 e. The number of hydrogen-bond donors (Lipinski definition) is 0. The second-order valence-electron chi connectivity index (χ2n) is 2.49. The molecular formula is C5H6INO. The molecule has 2 fully saturated rings. The maximum Gasteiger partial charge on any atom is 0.234 e. The van der Waals surface area contributed by atoms with Gasteiger partial charge in [0.25, 0.3) is 0 Å². The van der Waals surface area contributed by atoms with Gasteiger partial charge in [-0.05, 0) is 12.3 Å².